The normalized spacial score (nSPS) is 45.7. The SMILES string of the molecule is C=C[C@H]1C=C[C@H]2[C@@H]3C[C@H](C)CC[C@H]3[C@@H]3Oc4ccc(cc4)C[C@@]4(O)C[C@H](C(=O)N4)C(=O)[C@@H]1[C@H]23. The third kappa shape index (κ3) is 3.30. The first kappa shape index (κ1) is 21.2. The average Bonchev–Trinajstić information content (AvgIpc) is 3.27. The third-order valence-electron chi connectivity index (χ3n) is 9.19. The summed E-state index contributed by atoms with van der Waals surface area (Å²) in [6, 6.07) is 7.87. The Labute approximate surface area is 195 Å². The van der Waals surface area contributed by atoms with E-state index in [1.165, 1.54) is 6.42 Å². The number of amides is 1. The van der Waals surface area contributed by atoms with E-state index in [1.54, 1.807) is 0 Å². The number of Topliss-reactive ketones (excluding diaryl/α,β-unsaturated/α-hetero) is 1. The molecule has 0 aromatic heterocycles. The molecule has 5 nitrogen and oxygen atoms in total. The predicted octanol–water partition coefficient (Wildman–Crippen LogP) is 3.67. The molecule has 0 unspecified atom stereocenters. The first-order chi connectivity index (χ1) is 15.9. The fourth-order valence-corrected chi connectivity index (χ4v) is 7.76. The van der Waals surface area contributed by atoms with Crippen LogP contribution in [0.3, 0.4) is 0 Å². The molecule has 1 aromatic carbocycles. The molecule has 4 bridgehead atoms. The zero-order valence-corrected chi connectivity index (χ0v) is 19.2. The number of ketones is 1. The first-order valence-electron chi connectivity index (χ1n) is 12.5. The summed E-state index contributed by atoms with van der Waals surface area (Å²) in [5.74, 6) is 0.910. The molecule has 1 aromatic rings. The number of ether oxygens (including phenoxy) is 1. The second-order valence-corrected chi connectivity index (χ2v) is 11.2. The van der Waals surface area contributed by atoms with Gasteiger partial charge in [-0.05, 0) is 54.2 Å². The van der Waals surface area contributed by atoms with E-state index in [1.807, 2.05) is 30.3 Å². The van der Waals surface area contributed by atoms with E-state index in [2.05, 4.69) is 31.0 Å². The minimum Gasteiger partial charge on any atom is -0.490 e. The highest BCUT2D eigenvalue weighted by atomic mass is 16.5. The van der Waals surface area contributed by atoms with Crippen LogP contribution in [0, 0.1) is 47.3 Å². The van der Waals surface area contributed by atoms with Crippen molar-refractivity contribution >= 4 is 11.7 Å². The lowest BCUT2D eigenvalue weighted by Crippen LogP contribution is -2.45. The largest absolute Gasteiger partial charge is 0.490 e. The maximum atomic E-state index is 14.1. The van der Waals surface area contributed by atoms with Gasteiger partial charge in [-0.15, -0.1) is 6.58 Å². The van der Waals surface area contributed by atoms with Gasteiger partial charge in [0.2, 0.25) is 5.91 Å². The summed E-state index contributed by atoms with van der Waals surface area (Å²) in [5, 5.41) is 13.9. The highest BCUT2D eigenvalue weighted by Gasteiger charge is 2.60. The Morgan fingerprint density at radius 2 is 1.94 bits per heavy atom. The Morgan fingerprint density at radius 1 is 1.15 bits per heavy atom. The van der Waals surface area contributed by atoms with Crippen LogP contribution in [-0.2, 0) is 16.0 Å². The maximum Gasteiger partial charge on any atom is 0.232 e. The van der Waals surface area contributed by atoms with Crippen molar-refractivity contribution in [3.63, 3.8) is 0 Å². The van der Waals surface area contributed by atoms with Crippen LogP contribution < -0.4 is 10.1 Å². The van der Waals surface area contributed by atoms with Gasteiger partial charge in [0.05, 0.1) is 0 Å². The number of carbonyl (C=O) groups excluding carboxylic acids is 2. The van der Waals surface area contributed by atoms with Crippen LogP contribution >= 0.6 is 0 Å². The molecule has 3 aliphatic carbocycles. The van der Waals surface area contributed by atoms with Crippen LogP contribution in [0.25, 0.3) is 0 Å². The van der Waals surface area contributed by atoms with E-state index in [-0.39, 0.29) is 54.3 Å². The summed E-state index contributed by atoms with van der Waals surface area (Å²) in [6.45, 7) is 6.36. The van der Waals surface area contributed by atoms with Gasteiger partial charge in [0.1, 0.15) is 29.3 Å². The minimum atomic E-state index is -1.40. The van der Waals surface area contributed by atoms with Crippen LogP contribution in [0.1, 0.15) is 38.2 Å². The highest BCUT2D eigenvalue weighted by molar-refractivity contribution is 6.04. The number of aliphatic hydroxyl groups is 1. The van der Waals surface area contributed by atoms with Crippen LogP contribution in [0.4, 0.5) is 0 Å². The van der Waals surface area contributed by atoms with Gasteiger partial charge in [-0.3, -0.25) is 9.59 Å². The number of fused-ring (bicyclic) bond motifs is 4. The molecule has 33 heavy (non-hydrogen) atoms. The lowest BCUT2D eigenvalue weighted by molar-refractivity contribution is -0.137. The summed E-state index contributed by atoms with van der Waals surface area (Å²) in [5.41, 5.74) is -0.492. The molecule has 2 N–H and O–H groups in total. The van der Waals surface area contributed by atoms with Crippen LogP contribution in [0.2, 0.25) is 0 Å². The van der Waals surface area contributed by atoms with Crippen molar-refractivity contribution in [1.82, 2.24) is 5.32 Å². The zero-order chi connectivity index (χ0) is 22.9. The first-order valence-corrected chi connectivity index (χ1v) is 12.5. The van der Waals surface area contributed by atoms with E-state index < -0.39 is 11.6 Å². The number of hydrogen-bond donors (Lipinski definition) is 2. The molecule has 1 amide bonds. The summed E-state index contributed by atoms with van der Waals surface area (Å²) < 4.78 is 6.74. The van der Waals surface area contributed by atoms with Gasteiger partial charge in [-0.25, -0.2) is 0 Å². The second-order valence-electron chi connectivity index (χ2n) is 11.2. The molecule has 5 heteroatoms. The monoisotopic (exact) mass is 447 g/mol. The van der Waals surface area contributed by atoms with Gasteiger partial charge in [0.15, 0.2) is 0 Å². The minimum absolute atomic E-state index is 0.00715. The van der Waals surface area contributed by atoms with Crippen molar-refractivity contribution in [3.8, 4) is 5.75 Å². The number of allylic oxidation sites excluding steroid dienone is 3. The van der Waals surface area contributed by atoms with E-state index in [9.17, 15) is 14.7 Å². The molecule has 6 aliphatic rings. The molecule has 1 saturated heterocycles. The summed E-state index contributed by atoms with van der Waals surface area (Å²) in [4.78, 5) is 27.0. The number of hydrogen-bond acceptors (Lipinski definition) is 4. The summed E-state index contributed by atoms with van der Waals surface area (Å²) in [6.07, 6.45) is 10.1. The molecule has 0 spiro atoms. The van der Waals surface area contributed by atoms with Crippen LogP contribution in [0.15, 0.2) is 49.1 Å². The number of nitrogens with one attached hydrogen (secondary N) is 1. The van der Waals surface area contributed by atoms with Crippen molar-refractivity contribution in [1.29, 1.82) is 0 Å². The molecular weight excluding hydrogens is 414 g/mol. The molecule has 10 atom stereocenters. The van der Waals surface area contributed by atoms with Crippen molar-refractivity contribution in [3.05, 3.63) is 54.6 Å². The van der Waals surface area contributed by atoms with Crippen LogP contribution in [0.5, 0.6) is 5.75 Å². The maximum absolute atomic E-state index is 14.1. The zero-order valence-electron chi connectivity index (χ0n) is 19.2. The Bertz CT molecular complexity index is 1020. The van der Waals surface area contributed by atoms with E-state index in [0.29, 0.717) is 17.8 Å². The predicted molar refractivity (Wildman–Crippen MR) is 124 cm³/mol. The lowest BCUT2D eigenvalue weighted by atomic mass is 9.65. The van der Waals surface area contributed by atoms with Gasteiger partial charge >= 0.3 is 0 Å². The van der Waals surface area contributed by atoms with Crippen molar-refractivity contribution in [2.45, 2.75) is 50.9 Å². The van der Waals surface area contributed by atoms with Crippen molar-refractivity contribution < 1.29 is 19.4 Å². The number of rotatable bonds is 1. The Hall–Kier alpha value is -2.40. The quantitative estimate of drug-likeness (QED) is 0.509. The Balaban J connectivity index is 1.49. The highest BCUT2D eigenvalue weighted by Crippen LogP contribution is 2.58. The summed E-state index contributed by atoms with van der Waals surface area (Å²) >= 11 is 0. The fraction of sp³-hybridized carbons (Fsp3) is 0.571. The van der Waals surface area contributed by atoms with Crippen molar-refractivity contribution in [2.75, 3.05) is 0 Å². The van der Waals surface area contributed by atoms with Gasteiger partial charge < -0.3 is 15.2 Å². The molecule has 3 heterocycles. The average molecular weight is 448 g/mol. The standard InChI is InChI=1S/C28H33NO4/c1-3-17-7-11-19-21-12-15(2)4-10-20(21)26-24(19)23(17)25(30)22-14-28(32,29-27(22)31)13-16-5-8-18(33-26)9-6-16/h3,5-9,11,15,17,19-24,26,32H,1,4,10,12-14H2,2H3,(H,29,31)/t15-,17+,19+,20-,21+,22+,23+,24+,26+,28-/m1/s1. The van der Waals surface area contributed by atoms with Gasteiger partial charge in [0, 0.05) is 30.6 Å². The Morgan fingerprint density at radius 3 is 2.70 bits per heavy atom. The fourth-order valence-electron chi connectivity index (χ4n) is 7.76. The van der Waals surface area contributed by atoms with E-state index >= 15 is 0 Å². The lowest BCUT2D eigenvalue weighted by Gasteiger charge is -2.38. The molecule has 0 radical (unpaired) electrons. The smallest absolute Gasteiger partial charge is 0.232 e. The number of benzene rings is 1. The van der Waals surface area contributed by atoms with E-state index in [0.717, 1.165) is 24.2 Å². The summed E-state index contributed by atoms with van der Waals surface area (Å²) in [7, 11) is 0. The molecule has 3 fully saturated rings. The Kier molecular flexibility index (Phi) is 4.84. The van der Waals surface area contributed by atoms with E-state index in [4.69, 9.17) is 4.74 Å². The third-order valence-corrected chi connectivity index (χ3v) is 9.19. The molecule has 174 valence electrons. The molecule has 7 rings (SSSR count). The second kappa shape index (κ2) is 7.56. The van der Waals surface area contributed by atoms with Crippen molar-refractivity contribution in [2.24, 2.45) is 47.3 Å². The molecular formula is C28H33NO4. The van der Waals surface area contributed by atoms with Crippen LogP contribution in [-0.4, -0.2) is 28.6 Å². The molecule has 3 aliphatic heterocycles. The van der Waals surface area contributed by atoms with Gasteiger partial charge in [-0.2, -0.15) is 0 Å². The topological polar surface area (TPSA) is 75.6 Å². The molecule has 2 saturated carbocycles. The number of carbonyl (C=O) groups is 2. The van der Waals surface area contributed by atoms with Gasteiger partial charge in [0.25, 0.3) is 0 Å². The van der Waals surface area contributed by atoms with Gasteiger partial charge in [-0.1, -0.05) is 43.7 Å².